The number of hydrogen-bond acceptors (Lipinski definition) is 4. The van der Waals surface area contributed by atoms with Gasteiger partial charge in [0.1, 0.15) is 0 Å². The van der Waals surface area contributed by atoms with Crippen molar-refractivity contribution in [3.63, 3.8) is 0 Å². The molecule has 1 saturated carbocycles. The summed E-state index contributed by atoms with van der Waals surface area (Å²) in [5, 5.41) is 0.206. The predicted molar refractivity (Wildman–Crippen MR) is 98.7 cm³/mol. The first-order valence-electron chi connectivity index (χ1n) is 8.28. The van der Waals surface area contributed by atoms with Crippen LogP contribution in [-0.4, -0.2) is 15.4 Å². The number of rotatable bonds is 3. The van der Waals surface area contributed by atoms with E-state index in [1.807, 2.05) is 6.92 Å². The summed E-state index contributed by atoms with van der Waals surface area (Å²) in [6, 6.07) is 4.56. The molecule has 2 atom stereocenters. The van der Waals surface area contributed by atoms with Crippen LogP contribution in [-0.2, 0) is 12.6 Å². The van der Waals surface area contributed by atoms with Crippen molar-refractivity contribution in [2.24, 2.45) is 5.73 Å². The second kappa shape index (κ2) is 6.32. The first-order chi connectivity index (χ1) is 12.6. The van der Waals surface area contributed by atoms with E-state index in [1.54, 1.807) is 4.40 Å². The molecule has 27 heavy (non-hydrogen) atoms. The Kier molecular flexibility index (Phi) is 4.32. The minimum atomic E-state index is -4.46. The molecular formula is C18H15ClF3N3OS. The van der Waals surface area contributed by atoms with Gasteiger partial charge in [0, 0.05) is 40.0 Å². The lowest BCUT2D eigenvalue weighted by atomic mass is 10.1. The molecule has 0 aliphatic heterocycles. The SMILES string of the molecule is Cc1sc2nc(Cc3cc(C(F)(F)F)ccc3Cl)cc(=O)n2c1C1CC1N. The largest absolute Gasteiger partial charge is 0.416 e. The molecule has 3 aromatic rings. The highest BCUT2D eigenvalue weighted by molar-refractivity contribution is 7.17. The number of benzene rings is 1. The van der Waals surface area contributed by atoms with Crippen LogP contribution >= 0.6 is 22.9 Å². The van der Waals surface area contributed by atoms with Crippen LogP contribution in [0, 0.1) is 6.92 Å². The number of hydrogen-bond donors (Lipinski definition) is 1. The first kappa shape index (κ1) is 18.5. The molecule has 0 spiro atoms. The highest BCUT2D eigenvalue weighted by Gasteiger charge is 2.39. The Bertz CT molecular complexity index is 1110. The lowest BCUT2D eigenvalue weighted by Gasteiger charge is -2.10. The standard InChI is InChI=1S/C18H15ClF3N3OS/c1-8-16(12-7-14(12)23)25-15(26)6-11(24-17(25)27-8)5-9-4-10(18(20,21)22)2-3-13(9)19/h2-4,6,12,14H,5,7,23H2,1H3. The van der Waals surface area contributed by atoms with Gasteiger partial charge in [-0.2, -0.15) is 13.2 Å². The Labute approximate surface area is 161 Å². The quantitative estimate of drug-likeness (QED) is 0.702. The van der Waals surface area contributed by atoms with Crippen LogP contribution in [0.2, 0.25) is 5.02 Å². The number of nitrogens with two attached hydrogens (primary N) is 1. The van der Waals surface area contributed by atoms with Gasteiger partial charge in [0.25, 0.3) is 5.56 Å². The van der Waals surface area contributed by atoms with Crippen molar-refractivity contribution >= 4 is 27.9 Å². The number of nitrogens with zero attached hydrogens (tertiary/aromatic N) is 2. The number of aromatic nitrogens is 2. The topological polar surface area (TPSA) is 60.4 Å². The van der Waals surface area contributed by atoms with E-state index in [9.17, 15) is 18.0 Å². The maximum Gasteiger partial charge on any atom is 0.416 e. The predicted octanol–water partition coefficient (Wildman–Crippen LogP) is 4.14. The Hall–Kier alpha value is -1.90. The Morgan fingerprint density at radius 1 is 1.37 bits per heavy atom. The Balaban J connectivity index is 1.75. The lowest BCUT2D eigenvalue weighted by Crippen LogP contribution is -2.17. The van der Waals surface area contributed by atoms with Gasteiger partial charge in [0.15, 0.2) is 4.96 Å². The third-order valence-corrected chi connectivity index (χ3v) is 6.06. The molecule has 9 heteroatoms. The monoisotopic (exact) mass is 413 g/mol. The van der Waals surface area contributed by atoms with Gasteiger partial charge in [-0.15, -0.1) is 11.3 Å². The van der Waals surface area contributed by atoms with Gasteiger partial charge in [-0.3, -0.25) is 9.20 Å². The molecule has 1 aliphatic rings. The third kappa shape index (κ3) is 3.37. The van der Waals surface area contributed by atoms with Crippen molar-refractivity contribution in [1.29, 1.82) is 0 Å². The normalized spacial score (nSPS) is 19.6. The van der Waals surface area contributed by atoms with E-state index < -0.39 is 11.7 Å². The fraction of sp³-hybridized carbons (Fsp3) is 0.333. The fourth-order valence-electron chi connectivity index (χ4n) is 3.27. The molecule has 0 amide bonds. The number of thiazole rings is 1. The van der Waals surface area contributed by atoms with E-state index in [-0.39, 0.29) is 34.5 Å². The third-order valence-electron chi connectivity index (χ3n) is 4.72. The van der Waals surface area contributed by atoms with Crippen LogP contribution in [0.25, 0.3) is 4.96 Å². The fourth-order valence-corrected chi connectivity index (χ4v) is 4.52. The average molecular weight is 414 g/mol. The molecule has 4 nitrogen and oxygen atoms in total. The molecule has 0 saturated heterocycles. The van der Waals surface area contributed by atoms with Crippen LogP contribution in [0.4, 0.5) is 13.2 Å². The molecule has 0 radical (unpaired) electrons. The van der Waals surface area contributed by atoms with Crippen LogP contribution in [0.1, 0.15) is 39.7 Å². The molecule has 1 aromatic carbocycles. The summed E-state index contributed by atoms with van der Waals surface area (Å²) in [5.74, 6) is 0.155. The maximum atomic E-state index is 13.0. The van der Waals surface area contributed by atoms with Crippen molar-refractivity contribution in [3.05, 3.63) is 67.0 Å². The van der Waals surface area contributed by atoms with Gasteiger partial charge in [-0.1, -0.05) is 11.6 Å². The van der Waals surface area contributed by atoms with E-state index in [0.717, 1.165) is 29.1 Å². The van der Waals surface area contributed by atoms with Crippen LogP contribution < -0.4 is 11.3 Å². The summed E-state index contributed by atoms with van der Waals surface area (Å²) in [6.45, 7) is 1.92. The van der Waals surface area contributed by atoms with E-state index in [4.69, 9.17) is 17.3 Å². The highest BCUT2D eigenvalue weighted by atomic mass is 35.5. The van der Waals surface area contributed by atoms with Gasteiger partial charge < -0.3 is 5.73 Å². The first-order valence-corrected chi connectivity index (χ1v) is 9.48. The second-order valence-electron chi connectivity index (χ2n) is 6.73. The van der Waals surface area contributed by atoms with Gasteiger partial charge >= 0.3 is 6.18 Å². The smallest absolute Gasteiger partial charge is 0.327 e. The van der Waals surface area contributed by atoms with E-state index in [0.29, 0.717) is 10.7 Å². The molecule has 4 rings (SSSR count). The molecule has 2 unspecified atom stereocenters. The zero-order valence-corrected chi connectivity index (χ0v) is 15.8. The molecule has 142 valence electrons. The van der Waals surface area contributed by atoms with Gasteiger partial charge in [-0.05, 0) is 37.1 Å². The van der Waals surface area contributed by atoms with E-state index in [1.165, 1.54) is 23.5 Å². The summed E-state index contributed by atoms with van der Waals surface area (Å²) >= 11 is 7.44. The summed E-state index contributed by atoms with van der Waals surface area (Å²) in [4.78, 5) is 18.6. The Morgan fingerprint density at radius 2 is 2.07 bits per heavy atom. The van der Waals surface area contributed by atoms with Crippen molar-refractivity contribution in [3.8, 4) is 0 Å². The van der Waals surface area contributed by atoms with Gasteiger partial charge in [0.2, 0.25) is 0 Å². The van der Waals surface area contributed by atoms with E-state index in [2.05, 4.69) is 4.98 Å². The number of alkyl halides is 3. The average Bonchev–Trinajstić information content (AvgIpc) is 3.17. The number of aryl methyl sites for hydroxylation is 1. The zero-order valence-electron chi connectivity index (χ0n) is 14.2. The molecule has 1 fully saturated rings. The summed E-state index contributed by atoms with van der Waals surface area (Å²) in [5.41, 5.74) is 6.45. The van der Waals surface area contributed by atoms with E-state index >= 15 is 0 Å². The molecular weight excluding hydrogens is 399 g/mol. The molecule has 1 aliphatic carbocycles. The summed E-state index contributed by atoms with van der Waals surface area (Å²) in [7, 11) is 0. The zero-order chi connectivity index (χ0) is 19.5. The van der Waals surface area contributed by atoms with Crippen LogP contribution in [0.15, 0.2) is 29.1 Å². The lowest BCUT2D eigenvalue weighted by molar-refractivity contribution is -0.137. The van der Waals surface area contributed by atoms with Crippen LogP contribution in [0.3, 0.4) is 0 Å². The maximum absolute atomic E-state index is 13.0. The van der Waals surface area contributed by atoms with Gasteiger partial charge in [-0.25, -0.2) is 4.98 Å². The van der Waals surface area contributed by atoms with Crippen molar-refractivity contribution in [1.82, 2.24) is 9.38 Å². The molecule has 2 aromatic heterocycles. The molecule has 2 heterocycles. The summed E-state index contributed by atoms with van der Waals surface area (Å²) < 4.78 is 40.4. The van der Waals surface area contributed by atoms with Gasteiger partial charge in [0.05, 0.1) is 11.3 Å². The van der Waals surface area contributed by atoms with Crippen molar-refractivity contribution in [2.75, 3.05) is 0 Å². The van der Waals surface area contributed by atoms with Crippen molar-refractivity contribution in [2.45, 2.75) is 37.9 Å². The summed E-state index contributed by atoms with van der Waals surface area (Å²) in [6.07, 6.45) is -3.58. The molecule has 2 N–H and O–H groups in total. The second-order valence-corrected chi connectivity index (χ2v) is 8.32. The number of fused-ring (bicyclic) bond motifs is 1. The minimum Gasteiger partial charge on any atom is -0.327 e. The van der Waals surface area contributed by atoms with Crippen LogP contribution in [0.5, 0.6) is 0 Å². The minimum absolute atomic E-state index is 0.0454. The highest BCUT2D eigenvalue weighted by Crippen LogP contribution is 2.42. The number of halogens is 4. The molecule has 0 bridgehead atoms. The Morgan fingerprint density at radius 3 is 2.70 bits per heavy atom. The van der Waals surface area contributed by atoms with Crippen molar-refractivity contribution < 1.29 is 13.2 Å².